The molecule has 126 valence electrons. The smallest absolute Gasteiger partial charge is 0.282 e. The summed E-state index contributed by atoms with van der Waals surface area (Å²) in [4.78, 5) is 12.5. The Kier molecular flexibility index (Phi) is 5.31. The van der Waals surface area contributed by atoms with Gasteiger partial charge in [0, 0.05) is 17.7 Å². The van der Waals surface area contributed by atoms with Gasteiger partial charge in [0.25, 0.3) is 5.91 Å². The monoisotopic (exact) mass is 323 g/mol. The number of anilines is 1. The number of amides is 1. The van der Waals surface area contributed by atoms with E-state index in [1.807, 2.05) is 19.1 Å². The number of carbonyl (C=O) groups excluding carboxylic acids is 1. The van der Waals surface area contributed by atoms with Gasteiger partial charge in [0.15, 0.2) is 6.04 Å². The summed E-state index contributed by atoms with van der Waals surface area (Å²) in [5.74, 6) is 0.0716. The standard InChI is InChI=1S/C21H26N2O/c1-3-16-11-13-18(14-12-16)23-21(24)15(2)22-20-10-6-8-17-7-4-5-9-19(17)20/h4-5,7,9,11-15,20,22H,3,6,8,10H2,1-2H3,(H,23,24)/p+1/t15-,20-/m0/s1. The van der Waals surface area contributed by atoms with Crippen molar-refractivity contribution in [1.29, 1.82) is 0 Å². The highest BCUT2D eigenvalue weighted by molar-refractivity contribution is 5.93. The maximum atomic E-state index is 12.5. The lowest BCUT2D eigenvalue weighted by Crippen LogP contribution is -2.92. The highest BCUT2D eigenvalue weighted by Crippen LogP contribution is 2.26. The number of benzene rings is 2. The second kappa shape index (κ2) is 7.63. The van der Waals surface area contributed by atoms with Gasteiger partial charge in [0.05, 0.1) is 0 Å². The van der Waals surface area contributed by atoms with E-state index in [1.165, 1.54) is 23.1 Å². The first-order chi connectivity index (χ1) is 11.7. The molecule has 2 aromatic carbocycles. The topological polar surface area (TPSA) is 45.7 Å². The van der Waals surface area contributed by atoms with Gasteiger partial charge in [0.2, 0.25) is 0 Å². The largest absolute Gasteiger partial charge is 0.330 e. The van der Waals surface area contributed by atoms with Gasteiger partial charge < -0.3 is 10.6 Å². The second-order valence-corrected chi connectivity index (χ2v) is 6.72. The van der Waals surface area contributed by atoms with E-state index in [4.69, 9.17) is 0 Å². The van der Waals surface area contributed by atoms with Crippen LogP contribution in [0.3, 0.4) is 0 Å². The van der Waals surface area contributed by atoms with Crippen molar-refractivity contribution in [2.24, 2.45) is 0 Å². The number of rotatable bonds is 5. The van der Waals surface area contributed by atoms with Crippen LogP contribution in [0.1, 0.15) is 49.4 Å². The van der Waals surface area contributed by atoms with Gasteiger partial charge in [0.1, 0.15) is 6.04 Å². The van der Waals surface area contributed by atoms with Crippen LogP contribution in [0, 0.1) is 0 Å². The van der Waals surface area contributed by atoms with Crippen LogP contribution in [0.25, 0.3) is 0 Å². The molecular formula is C21H27N2O+. The van der Waals surface area contributed by atoms with E-state index in [0.29, 0.717) is 6.04 Å². The lowest BCUT2D eigenvalue weighted by Gasteiger charge is -2.26. The zero-order valence-corrected chi connectivity index (χ0v) is 14.6. The third-order valence-corrected chi connectivity index (χ3v) is 4.98. The van der Waals surface area contributed by atoms with Crippen LogP contribution in [0.5, 0.6) is 0 Å². The average molecular weight is 323 g/mol. The first kappa shape index (κ1) is 16.7. The average Bonchev–Trinajstić information content (AvgIpc) is 2.62. The normalized spacial score (nSPS) is 17.8. The number of quaternary nitrogens is 1. The lowest BCUT2D eigenvalue weighted by molar-refractivity contribution is -0.714. The zero-order valence-electron chi connectivity index (χ0n) is 14.6. The Morgan fingerprint density at radius 2 is 1.96 bits per heavy atom. The number of nitrogens with two attached hydrogens (primary N) is 1. The summed E-state index contributed by atoms with van der Waals surface area (Å²) in [6, 6.07) is 17.0. The maximum Gasteiger partial charge on any atom is 0.282 e. The quantitative estimate of drug-likeness (QED) is 0.872. The van der Waals surface area contributed by atoms with E-state index >= 15 is 0 Å². The summed E-state index contributed by atoms with van der Waals surface area (Å²) >= 11 is 0. The molecule has 2 aromatic rings. The van der Waals surface area contributed by atoms with Gasteiger partial charge in [-0.3, -0.25) is 4.79 Å². The van der Waals surface area contributed by atoms with Gasteiger partial charge in [-0.25, -0.2) is 0 Å². The van der Waals surface area contributed by atoms with Crippen LogP contribution in [-0.4, -0.2) is 11.9 Å². The third kappa shape index (κ3) is 3.85. The first-order valence-electron chi connectivity index (χ1n) is 9.00. The molecule has 0 bridgehead atoms. The molecule has 0 fully saturated rings. The Morgan fingerprint density at radius 3 is 2.71 bits per heavy atom. The van der Waals surface area contributed by atoms with Crippen molar-refractivity contribution in [1.82, 2.24) is 0 Å². The summed E-state index contributed by atoms with van der Waals surface area (Å²) in [6.45, 7) is 4.12. The molecule has 3 heteroatoms. The Hall–Kier alpha value is -2.13. The molecule has 0 aromatic heterocycles. The Balaban J connectivity index is 1.62. The molecule has 3 N–H and O–H groups in total. The van der Waals surface area contributed by atoms with E-state index < -0.39 is 0 Å². The summed E-state index contributed by atoms with van der Waals surface area (Å²) in [5.41, 5.74) is 5.00. The number of fused-ring (bicyclic) bond motifs is 1. The van der Waals surface area contributed by atoms with E-state index in [1.54, 1.807) is 0 Å². The van der Waals surface area contributed by atoms with Crippen molar-refractivity contribution in [2.45, 2.75) is 51.6 Å². The highest BCUT2D eigenvalue weighted by atomic mass is 16.2. The predicted molar refractivity (Wildman–Crippen MR) is 98.0 cm³/mol. The van der Waals surface area contributed by atoms with Crippen LogP contribution in [0.2, 0.25) is 0 Å². The molecule has 2 atom stereocenters. The van der Waals surface area contributed by atoms with Gasteiger partial charge in [-0.1, -0.05) is 43.3 Å². The third-order valence-electron chi connectivity index (χ3n) is 4.98. The molecule has 3 rings (SSSR count). The molecule has 0 saturated heterocycles. The molecule has 0 unspecified atom stereocenters. The Labute approximate surface area is 144 Å². The molecule has 3 nitrogen and oxygen atoms in total. The molecule has 0 spiro atoms. The fourth-order valence-electron chi connectivity index (χ4n) is 3.51. The van der Waals surface area contributed by atoms with Crippen LogP contribution < -0.4 is 10.6 Å². The minimum Gasteiger partial charge on any atom is -0.330 e. The molecule has 1 aliphatic carbocycles. The summed E-state index contributed by atoms with van der Waals surface area (Å²) in [7, 11) is 0. The highest BCUT2D eigenvalue weighted by Gasteiger charge is 2.27. The van der Waals surface area contributed by atoms with Crippen LogP contribution in [0.4, 0.5) is 5.69 Å². The van der Waals surface area contributed by atoms with E-state index in [9.17, 15) is 4.79 Å². The molecule has 0 heterocycles. The van der Waals surface area contributed by atoms with Crippen molar-refractivity contribution in [3.63, 3.8) is 0 Å². The molecule has 1 amide bonds. The number of carbonyl (C=O) groups is 1. The summed E-state index contributed by atoms with van der Waals surface area (Å²) in [6.07, 6.45) is 4.51. The van der Waals surface area contributed by atoms with Crippen molar-refractivity contribution < 1.29 is 10.1 Å². The molecule has 0 radical (unpaired) electrons. The first-order valence-corrected chi connectivity index (χ1v) is 9.00. The predicted octanol–water partition coefficient (Wildman–Crippen LogP) is 3.22. The van der Waals surface area contributed by atoms with E-state index in [2.05, 4.69) is 54.0 Å². The maximum absolute atomic E-state index is 12.5. The van der Waals surface area contributed by atoms with Gasteiger partial charge in [-0.2, -0.15) is 0 Å². The fourth-order valence-corrected chi connectivity index (χ4v) is 3.51. The minimum atomic E-state index is -0.105. The van der Waals surface area contributed by atoms with E-state index in [-0.39, 0.29) is 11.9 Å². The molecule has 0 aliphatic heterocycles. The number of nitrogens with one attached hydrogen (secondary N) is 1. The summed E-state index contributed by atoms with van der Waals surface area (Å²) in [5, 5.41) is 5.25. The fraction of sp³-hybridized carbons (Fsp3) is 0.381. The van der Waals surface area contributed by atoms with E-state index in [0.717, 1.165) is 24.9 Å². The van der Waals surface area contributed by atoms with Crippen molar-refractivity contribution in [3.05, 3.63) is 65.2 Å². The summed E-state index contributed by atoms with van der Waals surface area (Å²) < 4.78 is 0. The second-order valence-electron chi connectivity index (χ2n) is 6.72. The number of hydrogen-bond donors (Lipinski definition) is 2. The van der Waals surface area contributed by atoms with Gasteiger partial charge >= 0.3 is 0 Å². The Morgan fingerprint density at radius 1 is 1.21 bits per heavy atom. The van der Waals surface area contributed by atoms with Crippen molar-refractivity contribution in [3.8, 4) is 0 Å². The zero-order chi connectivity index (χ0) is 16.9. The van der Waals surface area contributed by atoms with Crippen LogP contribution in [0.15, 0.2) is 48.5 Å². The SMILES string of the molecule is CCc1ccc(NC(=O)[C@H](C)[NH2+][C@H]2CCCc3ccccc32)cc1. The minimum absolute atomic E-state index is 0.0716. The molecular weight excluding hydrogens is 296 g/mol. The van der Waals surface area contributed by atoms with Crippen molar-refractivity contribution >= 4 is 11.6 Å². The van der Waals surface area contributed by atoms with Crippen LogP contribution in [-0.2, 0) is 17.6 Å². The molecule has 0 saturated carbocycles. The lowest BCUT2D eigenvalue weighted by atomic mass is 9.87. The molecule has 1 aliphatic rings. The van der Waals surface area contributed by atoms with Crippen molar-refractivity contribution in [2.75, 3.05) is 5.32 Å². The number of aryl methyl sites for hydroxylation is 2. The number of hydrogen-bond acceptors (Lipinski definition) is 1. The van der Waals surface area contributed by atoms with Crippen LogP contribution >= 0.6 is 0 Å². The van der Waals surface area contributed by atoms with Gasteiger partial charge in [-0.15, -0.1) is 0 Å². The Bertz CT molecular complexity index is 693. The molecule has 24 heavy (non-hydrogen) atoms. The van der Waals surface area contributed by atoms with Gasteiger partial charge in [-0.05, 0) is 49.4 Å².